The maximum atomic E-state index is 9.83. The molecule has 2 heterocycles. The standard InChI is InChI=1S/C11H15NO2S/c13-8-2-1-3-9-10(8)12-11(15-9)7-4-5-14-6-7/h7-8,13H,1-6H2. The van der Waals surface area contributed by atoms with Gasteiger partial charge in [0.2, 0.25) is 0 Å². The van der Waals surface area contributed by atoms with Crippen LogP contribution >= 0.6 is 11.3 Å². The van der Waals surface area contributed by atoms with Crippen molar-refractivity contribution in [2.75, 3.05) is 13.2 Å². The summed E-state index contributed by atoms with van der Waals surface area (Å²) < 4.78 is 5.37. The number of hydrogen-bond acceptors (Lipinski definition) is 4. The Labute approximate surface area is 93.1 Å². The normalized spacial score (nSPS) is 30.5. The van der Waals surface area contributed by atoms with Crippen molar-refractivity contribution in [3.05, 3.63) is 15.6 Å². The zero-order valence-corrected chi connectivity index (χ0v) is 9.42. The van der Waals surface area contributed by atoms with E-state index in [1.807, 2.05) is 0 Å². The highest BCUT2D eigenvalue weighted by molar-refractivity contribution is 7.11. The second-order valence-corrected chi connectivity index (χ2v) is 5.44. The smallest absolute Gasteiger partial charge is 0.0987 e. The molecule has 0 radical (unpaired) electrons. The Kier molecular flexibility index (Phi) is 2.50. The lowest BCUT2D eigenvalue weighted by molar-refractivity contribution is 0.152. The van der Waals surface area contributed by atoms with Crippen LogP contribution in [0.2, 0.25) is 0 Å². The van der Waals surface area contributed by atoms with Crippen LogP contribution in [0.25, 0.3) is 0 Å². The van der Waals surface area contributed by atoms with Gasteiger partial charge in [0.05, 0.1) is 23.4 Å². The summed E-state index contributed by atoms with van der Waals surface area (Å²) in [7, 11) is 0. The van der Waals surface area contributed by atoms with Crippen LogP contribution in [0.15, 0.2) is 0 Å². The number of ether oxygens (including phenoxy) is 1. The van der Waals surface area contributed by atoms with Crippen molar-refractivity contribution in [3.8, 4) is 0 Å². The van der Waals surface area contributed by atoms with Crippen LogP contribution in [0.5, 0.6) is 0 Å². The Morgan fingerprint density at radius 3 is 3.07 bits per heavy atom. The lowest BCUT2D eigenvalue weighted by Crippen LogP contribution is -2.07. The molecule has 0 aromatic carbocycles. The van der Waals surface area contributed by atoms with Crippen molar-refractivity contribution in [1.82, 2.24) is 4.98 Å². The van der Waals surface area contributed by atoms with Crippen molar-refractivity contribution in [1.29, 1.82) is 0 Å². The first-order chi connectivity index (χ1) is 7.34. The molecule has 0 bridgehead atoms. The van der Waals surface area contributed by atoms with E-state index in [1.54, 1.807) is 11.3 Å². The van der Waals surface area contributed by atoms with Crippen LogP contribution in [0.4, 0.5) is 0 Å². The molecule has 15 heavy (non-hydrogen) atoms. The Morgan fingerprint density at radius 1 is 1.40 bits per heavy atom. The summed E-state index contributed by atoms with van der Waals surface area (Å²) in [6.07, 6.45) is 3.83. The molecule has 1 aromatic heterocycles. The summed E-state index contributed by atoms with van der Waals surface area (Å²) in [6.45, 7) is 1.67. The monoisotopic (exact) mass is 225 g/mol. The Morgan fingerprint density at radius 2 is 2.33 bits per heavy atom. The lowest BCUT2D eigenvalue weighted by atomic mass is 10.0. The van der Waals surface area contributed by atoms with Crippen molar-refractivity contribution >= 4 is 11.3 Å². The summed E-state index contributed by atoms with van der Waals surface area (Å²) in [5, 5.41) is 11.0. The van der Waals surface area contributed by atoms with E-state index in [0.717, 1.165) is 44.6 Å². The highest BCUT2D eigenvalue weighted by Crippen LogP contribution is 2.37. The van der Waals surface area contributed by atoms with Gasteiger partial charge in [-0.25, -0.2) is 4.98 Å². The second kappa shape index (κ2) is 3.85. The fourth-order valence-corrected chi connectivity index (χ4v) is 3.60. The fraction of sp³-hybridized carbons (Fsp3) is 0.727. The summed E-state index contributed by atoms with van der Waals surface area (Å²) in [6, 6.07) is 0. The third-order valence-corrected chi connectivity index (χ3v) is 4.51. The third-order valence-electron chi connectivity index (χ3n) is 3.22. The van der Waals surface area contributed by atoms with E-state index < -0.39 is 0 Å². The number of aromatic nitrogens is 1. The average molecular weight is 225 g/mol. The topological polar surface area (TPSA) is 42.4 Å². The van der Waals surface area contributed by atoms with Gasteiger partial charge in [0, 0.05) is 17.4 Å². The second-order valence-electron chi connectivity index (χ2n) is 4.33. The van der Waals surface area contributed by atoms with Crippen LogP contribution in [-0.4, -0.2) is 23.3 Å². The summed E-state index contributed by atoms with van der Waals surface area (Å²) >= 11 is 1.79. The van der Waals surface area contributed by atoms with Gasteiger partial charge in [-0.15, -0.1) is 11.3 Å². The zero-order chi connectivity index (χ0) is 10.3. The van der Waals surface area contributed by atoms with Crippen LogP contribution in [0.3, 0.4) is 0 Å². The maximum absolute atomic E-state index is 9.83. The number of hydrogen-bond donors (Lipinski definition) is 1. The molecule has 0 spiro atoms. The lowest BCUT2D eigenvalue weighted by Gasteiger charge is -2.14. The van der Waals surface area contributed by atoms with Crippen LogP contribution in [0.1, 0.15) is 46.9 Å². The van der Waals surface area contributed by atoms with Crippen molar-refractivity contribution < 1.29 is 9.84 Å². The summed E-state index contributed by atoms with van der Waals surface area (Å²) in [4.78, 5) is 5.90. The molecule has 82 valence electrons. The largest absolute Gasteiger partial charge is 0.387 e. The molecule has 2 atom stereocenters. The van der Waals surface area contributed by atoms with Crippen molar-refractivity contribution in [3.63, 3.8) is 0 Å². The van der Waals surface area contributed by atoms with Gasteiger partial charge in [-0.1, -0.05) is 0 Å². The molecule has 0 saturated carbocycles. The van der Waals surface area contributed by atoms with Gasteiger partial charge in [-0.3, -0.25) is 0 Å². The molecule has 2 aliphatic rings. The molecule has 1 saturated heterocycles. The van der Waals surface area contributed by atoms with Gasteiger partial charge in [-0.2, -0.15) is 0 Å². The molecule has 1 aromatic rings. The zero-order valence-electron chi connectivity index (χ0n) is 8.61. The minimum absolute atomic E-state index is 0.318. The van der Waals surface area contributed by atoms with Gasteiger partial charge in [0.15, 0.2) is 0 Å². The molecule has 3 nitrogen and oxygen atoms in total. The van der Waals surface area contributed by atoms with E-state index in [0.29, 0.717) is 5.92 Å². The van der Waals surface area contributed by atoms with Crippen LogP contribution < -0.4 is 0 Å². The van der Waals surface area contributed by atoms with Gasteiger partial charge in [0.25, 0.3) is 0 Å². The number of aryl methyl sites for hydroxylation is 1. The van der Waals surface area contributed by atoms with Gasteiger partial charge in [0.1, 0.15) is 0 Å². The highest BCUT2D eigenvalue weighted by Gasteiger charge is 2.27. The third kappa shape index (κ3) is 1.71. The first-order valence-electron chi connectivity index (χ1n) is 5.60. The SMILES string of the molecule is OC1CCCc2sc(C3CCOC3)nc21. The minimum Gasteiger partial charge on any atom is -0.387 e. The molecule has 0 amide bonds. The van der Waals surface area contributed by atoms with E-state index in [4.69, 9.17) is 4.74 Å². The van der Waals surface area contributed by atoms with Crippen molar-refractivity contribution in [2.45, 2.75) is 37.7 Å². The fourth-order valence-electron chi connectivity index (χ4n) is 2.32. The number of nitrogens with zero attached hydrogens (tertiary/aromatic N) is 1. The van der Waals surface area contributed by atoms with E-state index in [2.05, 4.69) is 4.98 Å². The van der Waals surface area contributed by atoms with Gasteiger partial charge in [-0.05, 0) is 25.7 Å². The molecule has 2 unspecified atom stereocenters. The van der Waals surface area contributed by atoms with Crippen LogP contribution in [-0.2, 0) is 11.2 Å². The van der Waals surface area contributed by atoms with Crippen molar-refractivity contribution in [2.24, 2.45) is 0 Å². The molecule has 1 aliphatic carbocycles. The summed E-state index contributed by atoms with van der Waals surface area (Å²) in [5.74, 6) is 0.479. The Hall–Kier alpha value is -0.450. The molecular weight excluding hydrogens is 210 g/mol. The maximum Gasteiger partial charge on any atom is 0.0987 e. The number of aliphatic hydroxyl groups excluding tert-OH is 1. The summed E-state index contributed by atoms with van der Waals surface area (Å²) in [5.41, 5.74) is 0.952. The van der Waals surface area contributed by atoms with Crippen LogP contribution in [0, 0.1) is 0 Å². The molecule has 1 fully saturated rings. The molecular formula is C11H15NO2S. The van der Waals surface area contributed by atoms with E-state index in [1.165, 1.54) is 9.88 Å². The number of aliphatic hydroxyl groups is 1. The highest BCUT2D eigenvalue weighted by atomic mass is 32.1. The molecule has 1 N–H and O–H groups in total. The van der Waals surface area contributed by atoms with E-state index in [9.17, 15) is 5.11 Å². The number of thiazole rings is 1. The minimum atomic E-state index is -0.318. The van der Waals surface area contributed by atoms with E-state index in [-0.39, 0.29) is 6.10 Å². The molecule has 3 rings (SSSR count). The Balaban J connectivity index is 1.90. The average Bonchev–Trinajstić information content (AvgIpc) is 2.86. The van der Waals surface area contributed by atoms with Gasteiger partial charge < -0.3 is 9.84 Å². The first kappa shape index (κ1) is 9.75. The number of fused-ring (bicyclic) bond motifs is 1. The van der Waals surface area contributed by atoms with E-state index >= 15 is 0 Å². The predicted molar refractivity (Wildman–Crippen MR) is 58.2 cm³/mol. The Bertz CT molecular complexity index is 357. The number of rotatable bonds is 1. The quantitative estimate of drug-likeness (QED) is 0.795. The van der Waals surface area contributed by atoms with Gasteiger partial charge >= 0.3 is 0 Å². The predicted octanol–water partition coefficient (Wildman–Crippen LogP) is 2.02. The molecule has 1 aliphatic heterocycles. The first-order valence-corrected chi connectivity index (χ1v) is 6.41. The molecule has 4 heteroatoms.